The number of piperidine rings is 1. The van der Waals surface area contributed by atoms with Gasteiger partial charge in [0, 0.05) is 13.1 Å². The van der Waals surface area contributed by atoms with Crippen molar-refractivity contribution in [2.45, 2.75) is 51.7 Å². The Hall–Kier alpha value is -0.860. The zero-order chi connectivity index (χ0) is 13.7. The third-order valence-corrected chi connectivity index (χ3v) is 4.22. The second-order valence-corrected chi connectivity index (χ2v) is 6.17. The van der Waals surface area contributed by atoms with E-state index >= 15 is 0 Å². The van der Waals surface area contributed by atoms with Crippen molar-refractivity contribution in [2.75, 3.05) is 13.1 Å². The molecule has 1 aliphatic rings. The van der Waals surface area contributed by atoms with E-state index in [2.05, 4.69) is 49.1 Å². The van der Waals surface area contributed by atoms with Gasteiger partial charge < -0.3 is 5.11 Å². The van der Waals surface area contributed by atoms with E-state index in [1.807, 2.05) is 0 Å². The lowest BCUT2D eigenvalue weighted by Gasteiger charge is -2.35. The number of nitrogens with zero attached hydrogens (tertiary/aromatic N) is 1. The molecular weight excluding hydrogens is 234 g/mol. The Balaban J connectivity index is 1.79. The van der Waals surface area contributed by atoms with Gasteiger partial charge in [-0.15, -0.1) is 0 Å². The number of aliphatic hydroxyl groups excluding tert-OH is 1. The Kier molecular flexibility index (Phi) is 5.41. The zero-order valence-corrected chi connectivity index (χ0v) is 12.3. The molecule has 106 valence electrons. The first-order valence-electron chi connectivity index (χ1n) is 7.64. The van der Waals surface area contributed by atoms with Crippen molar-refractivity contribution in [3.05, 3.63) is 35.9 Å². The highest BCUT2D eigenvalue weighted by Gasteiger charge is 2.24. The van der Waals surface area contributed by atoms with Crippen molar-refractivity contribution >= 4 is 0 Å². The molecule has 0 radical (unpaired) electrons. The van der Waals surface area contributed by atoms with Gasteiger partial charge in [0.15, 0.2) is 0 Å². The lowest BCUT2D eigenvalue weighted by atomic mass is 9.89. The molecule has 1 saturated heterocycles. The molecule has 2 heteroatoms. The van der Waals surface area contributed by atoms with Gasteiger partial charge in [-0.2, -0.15) is 0 Å². The molecule has 0 spiro atoms. The molecule has 1 aromatic rings. The van der Waals surface area contributed by atoms with Gasteiger partial charge in [0.1, 0.15) is 6.23 Å². The molecule has 2 rings (SSSR count). The summed E-state index contributed by atoms with van der Waals surface area (Å²) in [6.45, 7) is 6.49. The van der Waals surface area contributed by atoms with Crippen molar-refractivity contribution in [3.63, 3.8) is 0 Å². The van der Waals surface area contributed by atoms with Crippen LogP contribution in [0.2, 0.25) is 0 Å². The van der Waals surface area contributed by atoms with Crippen LogP contribution in [0.3, 0.4) is 0 Å². The van der Waals surface area contributed by atoms with Gasteiger partial charge in [-0.3, -0.25) is 4.90 Å². The summed E-state index contributed by atoms with van der Waals surface area (Å²) in [5.41, 5.74) is 1.46. The fourth-order valence-electron chi connectivity index (χ4n) is 2.92. The van der Waals surface area contributed by atoms with Crippen molar-refractivity contribution in [3.8, 4) is 0 Å². The highest BCUT2D eigenvalue weighted by atomic mass is 16.3. The normalized spacial score (nSPS) is 19.8. The Morgan fingerprint density at radius 2 is 1.74 bits per heavy atom. The van der Waals surface area contributed by atoms with E-state index < -0.39 is 0 Å². The molecule has 19 heavy (non-hydrogen) atoms. The van der Waals surface area contributed by atoms with Gasteiger partial charge in [0.2, 0.25) is 0 Å². The summed E-state index contributed by atoms with van der Waals surface area (Å²) in [7, 11) is 0. The minimum absolute atomic E-state index is 0.237. The molecule has 1 aliphatic heterocycles. The van der Waals surface area contributed by atoms with Crippen LogP contribution >= 0.6 is 0 Å². The quantitative estimate of drug-likeness (QED) is 0.875. The molecule has 0 aromatic heterocycles. The number of hydrogen-bond acceptors (Lipinski definition) is 2. The minimum Gasteiger partial charge on any atom is -0.378 e. The molecule has 2 nitrogen and oxygen atoms in total. The van der Waals surface area contributed by atoms with E-state index in [-0.39, 0.29) is 6.23 Å². The number of hydrogen-bond donors (Lipinski definition) is 1. The largest absolute Gasteiger partial charge is 0.378 e. The summed E-state index contributed by atoms with van der Waals surface area (Å²) in [5, 5.41) is 10.2. The molecular formula is C17H27NO. The molecule has 1 fully saturated rings. The van der Waals surface area contributed by atoms with Crippen molar-refractivity contribution < 1.29 is 5.11 Å². The van der Waals surface area contributed by atoms with Crippen LogP contribution in [0.25, 0.3) is 0 Å². The van der Waals surface area contributed by atoms with Crippen LogP contribution in [0.4, 0.5) is 0 Å². The van der Waals surface area contributed by atoms with Gasteiger partial charge in [-0.1, -0.05) is 44.2 Å². The summed E-state index contributed by atoms with van der Waals surface area (Å²) in [6, 6.07) is 10.8. The topological polar surface area (TPSA) is 23.5 Å². The molecule has 0 unspecified atom stereocenters. The summed E-state index contributed by atoms with van der Waals surface area (Å²) in [5.74, 6) is 1.35. The third kappa shape index (κ3) is 4.32. The van der Waals surface area contributed by atoms with Crippen molar-refractivity contribution in [1.29, 1.82) is 0 Å². The molecule has 1 aromatic carbocycles. The molecule has 1 N–H and O–H groups in total. The van der Waals surface area contributed by atoms with Gasteiger partial charge in [0.25, 0.3) is 0 Å². The number of aliphatic hydroxyl groups is 1. The highest BCUT2D eigenvalue weighted by molar-refractivity contribution is 5.20. The maximum Gasteiger partial charge on any atom is 0.107 e. The van der Waals surface area contributed by atoms with Crippen LogP contribution in [0.15, 0.2) is 30.3 Å². The third-order valence-electron chi connectivity index (χ3n) is 4.22. The van der Waals surface area contributed by atoms with E-state index in [0.29, 0.717) is 11.8 Å². The van der Waals surface area contributed by atoms with Crippen LogP contribution in [0.1, 0.15) is 51.0 Å². The van der Waals surface area contributed by atoms with E-state index in [1.54, 1.807) is 0 Å². The van der Waals surface area contributed by atoms with E-state index in [1.165, 1.54) is 18.4 Å². The lowest BCUT2D eigenvalue weighted by molar-refractivity contribution is -0.0194. The fraction of sp³-hybridized carbons (Fsp3) is 0.647. The predicted molar refractivity (Wildman–Crippen MR) is 80.1 cm³/mol. The van der Waals surface area contributed by atoms with E-state index in [0.717, 1.165) is 25.9 Å². The molecule has 1 heterocycles. The molecule has 0 aliphatic carbocycles. The zero-order valence-electron chi connectivity index (χ0n) is 12.3. The van der Waals surface area contributed by atoms with Crippen LogP contribution < -0.4 is 0 Å². The fourth-order valence-corrected chi connectivity index (χ4v) is 2.92. The molecule has 0 amide bonds. The highest BCUT2D eigenvalue weighted by Crippen LogP contribution is 2.28. The smallest absolute Gasteiger partial charge is 0.107 e. The van der Waals surface area contributed by atoms with E-state index in [9.17, 15) is 5.11 Å². The maximum absolute atomic E-state index is 10.2. The van der Waals surface area contributed by atoms with Gasteiger partial charge in [-0.05, 0) is 43.1 Å². The first-order valence-corrected chi connectivity index (χ1v) is 7.64. The van der Waals surface area contributed by atoms with Gasteiger partial charge >= 0.3 is 0 Å². The Morgan fingerprint density at radius 1 is 1.11 bits per heavy atom. The average Bonchev–Trinajstić information content (AvgIpc) is 2.46. The first-order chi connectivity index (χ1) is 9.16. The second-order valence-electron chi connectivity index (χ2n) is 6.17. The summed E-state index contributed by atoms with van der Waals surface area (Å²) in [4.78, 5) is 2.25. The minimum atomic E-state index is -0.237. The number of rotatable bonds is 5. The summed E-state index contributed by atoms with van der Waals surface area (Å²) < 4.78 is 0. The Labute approximate surface area is 117 Å². The first kappa shape index (κ1) is 14.5. The van der Waals surface area contributed by atoms with E-state index in [4.69, 9.17) is 0 Å². The number of benzene rings is 1. The standard InChI is InChI=1S/C17H27NO/c1-14(2)8-9-17(19)18-12-10-16(11-13-18)15-6-4-3-5-7-15/h3-7,14,16-17,19H,8-13H2,1-2H3/t17-/m1/s1. The van der Waals surface area contributed by atoms with Gasteiger partial charge in [-0.25, -0.2) is 0 Å². The Bertz CT molecular complexity index is 355. The SMILES string of the molecule is CC(C)CC[C@@H](O)N1CCC(c2ccccc2)CC1. The van der Waals surface area contributed by atoms with Gasteiger partial charge in [0.05, 0.1) is 0 Å². The van der Waals surface area contributed by atoms with Crippen LogP contribution in [0, 0.1) is 5.92 Å². The van der Waals surface area contributed by atoms with Crippen LogP contribution in [-0.2, 0) is 0 Å². The van der Waals surface area contributed by atoms with Crippen LogP contribution in [0.5, 0.6) is 0 Å². The monoisotopic (exact) mass is 261 g/mol. The summed E-state index contributed by atoms with van der Waals surface area (Å²) in [6.07, 6.45) is 4.12. The maximum atomic E-state index is 10.2. The Morgan fingerprint density at radius 3 is 2.32 bits per heavy atom. The predicted octanol–water partition coefficient (Wildman–Crippen LogP) is 3.62. The van der Waals surface area contributed by atoms with Crippen LogP contribution in [-0.4, -0.2) is 29.3 Å². The molecule has 0 bridgehead atoms. The molecule has 1 atom stereocenters. The number of likely N-dealkylation sites (tertiary alicyclic amines) is 1. The average molecular weight is 261 g/mol. The summed E-state index contributed by atoms with van der Waals surface area (Å²) >= 11 is 0. The lowest BCUT2D eigenvalue weighted by Crippen LogP contribution is -2.41. The molecule has 0 saturated carbocycles. The van der Waals surface area contributed by atoms with Crippen molar-refractivity contribution in [2.24, 2.45) is 5.92 Å². The second kappa shape index (κ2) is 7.06. The van der Waals surface area contributed by atoms with Crippen molar-refractivity contribution in [1.82, 2.24) is 4.90 Å².